The summed E-state index contributed by atoms with van der Waals surface area (Å²) in [6, 6.07) is 0. The van der Waals surface area contributed by atoms with Crippen LogP contribution in [0.2, 0.25) is 0 Å². The third-order valence-electron chi connectivity index (χ3n) is 2.14. The minimum absolute atomic E-state index is 0. The van der Waals surface area contributed by atoms with Crippen LogP contribution in [0.3, 0.4) is 0 Å². The summed E-state index contributed by atoms with van der Waals surface area (Å²) in [7, 11) is 0. The molecule has 0 heterocycles. The number of carboxylic acids is 4. The summed E-state index contributed by atoms with van der Waals surface area (Å²) in [5.41, 5.74) is 0. The van der Waals surface area contributed by atoms with Gasteiger partial charge in [0, 0.05) is 39.3 Å². The van der Waals surface area contributed by atoms with Crippen LogP contribution in [-0.2, 0) is 19.2 Å². The van der Waals surface area contributed by atoms with E-state index in [0.29, 0.717) is 0 Å². The summed E-state index contributed by atoms with van der Waals surface area (Å²) in [4.78, 5) is 43.4. The fourth-order valence-corrected chi connectivity index (χ4v) is 1.44. The Morgan fingerprint density at radius 3 is 0.913 bits per heavy atom. The van der Waals surface area contributed by atoms with Crippen molar-refractivity contribution in [1.82, 2.24) is 9.80 Å². The SMILES string of the molecule is O.O=C([O-])CN(CCN(CC(=O)[O-])CC(=O)[O-])CC(=O)[O-].[Ca+2].[Na+]. The molecule has 0 aliphatic heterocycles. The Morgan fingerprint density at radius 1 is 0.609 bits per heavy atom. The molecule has 0 saturated heterocycles. The molecule has 0 aromatic heterocycles. The van der Waals surface area contributed by atoms with Crippen molar-refractivity contribution in [2.24, 2.45) is 0 Å². The van der Waals surface area contributed by atoms with Crippen LogP contribution >= 0.6 is 0 Å². The van der Waals surface area contributed by atoms with E-state index in [9.17, 15) is 39.6 Å². The summed E-state index contributed by atoms with van der Waals surface area (Å²) in [5.74, 6) is -6.12. The second-order valence-electron chi connectivity index (χ2n) is 3.91. The molecule has 0 aromatic carbocycles. The van der Waals surface area contributed by atoms with E-state index in [4.69, 9.17) is 0 Å². The average Bonchev–Trinajstić information content (AvgIpc) is 2.22. The normalized spacial score (nSPS) is 9.30. The Morgan fingerprint density at radius 2 is 0.783 bits per heavy atom. The maximum Gasteiger partial charge on any atom is 2.00 e. The van der Waals surface area contributed by atoms with E-state index in [0.717, 1.165) is 9.80 Å². The predicted octanol–water partition coefficient (Wildman–Crippen LogP) is -11.6. The van der Waals surface area contributed by atoms with Crippen LogP contribution in [-0.4, -0.2) is 116 Å². The first-order chi connectivity index (χ1) is 9.20. The Hall–Kier alpha value is 0.0197. The Bertz CT molecular complexity index is 329. The molecule has 0 bridgehead atoms. The first-order valence-electron chi connectivity index (χ1n) is 5.44. The molecule has 0 aromatic rings. The first kappa shape index (κ1) is 30.9. The predicted molar refractivity (Wildman–Crippen MR) is 62.3 cm³/mol. The van der Waals surface area contributed by atoms with Crippen LogP contribution in [0.25, 0.3) is 0 Å². The third-order valence-corrected chi connectivity index (χ3v) is 2.14. The average molecular weight is 369 g/mol. The molecule has 0 aliphatic rings. The molecule has 0 fully saturated rings. The monoisotopic (exact) mass is 369 g/mol. The topological polar surface area (TPSA) is 198 Å². The zero-order chi connectivity index (χ0) is 15.7. The van der Waals surface area contributed by atoms with Crippen molar-refractivity contribution in [2.75, 3.05) is 39.3 Å². The van der Waals surface area contributed by atoms with Crippen LogP contribution in [0.4, 0.5) is 0 Å². The number of rotatable bonds is 11. The molecule has 23 heavy (non-hydrogen) atoms. The van der Waals surface area contributed by atoms with Crippen molar-refractivity contribution in [1.29, 1.82) is 0 Å². The summed E-state index contributed by atoms with van der Waals surface area (Å²) in [6.45, 7) is -3.25. The molecule has 0 spiro atoms. The summed E-state index contributed by atoms with van der Waals surface area (Å²) in [5, 5.41) is 41.6. The van der Waals surface area contributed by atoms with E-state index < -0.39 is 50.1 Å². The van der Waals surface area contributed by atoms with Crippen molar-refractivity contribution in [3.8, 4) is 0 Å². The molecule has 0 amide bonds. The van der Waals surface area contributed by atoms with Gasteiger partial charge in [-0.25, -0.2) is 0 Å². The van der Waals surface area contributed by atoms with Gasteiger partial charge in [-0.05, 0) is 0 Å². The van der Waals surface area contributed by atoms with Gasteiger partial charge < -0.3 is 45.1 Å². The van der Waals surface area contributed by atoms with Gasteiger partial charge in [0.2, 0.25) is 0 Å². The van der Waals surface area contributed by atoms with Gasteiger partial charge in [0.25, 0.3) is 0 Å². The van der Waals surface area contributed by atoms with Gasteiger partial charge in [-0.3, -0.25) is 9.80 Å². The Balaban J connectivity index is -0.000000602. The van der Waals surface area contributed by atoms with Crippen LogP contribution in [0, 0.1) is 0 Å². The minimum atomic E-state index is -1.53. The molecule has 0 unspecified atom stereocenters. The molecule has 13 heteroatoms. The summed E-state index contributed by atoms with van der Waals surface area (Å²) >= 11 is 0. The van der Waals surface area contributed by atoms with Gasteiger partial charge in [-0.15, -0.1) is 0 Å². The maximum atomic E-state index is 10.4. The molecule has 0 radical (unpaired) electrons. The first-order valence-corrected chi connectivity index (χ1v) is 5.44. The van der Waals surface area contributed by atoms with Crippen molar-refractivity contribution in [3.05, 3.63) is 0 Å². The van der Waals surface area contributed by atoms with E-state index in [1.54, 1.807) is 0 Å². The second kappa shape index (κ2) is 16.9. The van der Waals surface area contributed by atoms with Gasteiger partial charge in [0.05, 0.1) is 23.9 Å². The number of carbonyl (C=O) groups is 4. The van der Waals surface area contributed by atoms with Crippen molar-refractivity contribution in [2.45, 2.75) is 0 Å². The van der Waals surface area contributed by atoms with E-state index in [-0.39, 0.29) is 85.9 Å². The number of carboxylic acid groups (broad SMARTS) is 4. The molecule has 0 saturated carbocycles. The van der Waals surface area contributed by atoms with Gasteiger partial charge in [0.15, 0.2) is 0 Å². The number of hydrogen-bond donors (Lipinski definition) is 0. The minimum Gasteiger partial charge on any atom is -0.549 e. The second-order valence-corrected chi connectivity index (χ2v) is 3.91. The molecule has 122 valence electrons. The number of hydrogen-bond acceptors (Lipinski definition) is 10. The zero-order valence-corrected chi connectivity index (χ0v) is 16.8. The molecular formula is C10H14CaN2NaO9-. The Kier molecular flexibility index (Phi) is 22.6. The van der Waals surface area contributed by atoms with E-state index in [1.165, 1.54) is 0 Å². The third kappa shape index (κ3) is 20.0. The summed E-state index contributed by atoms with van der Waals surface area (Å²) in [6.07, 6.45) is 0. The fraction of sp³-hybridized carbons (Fsp3) is 0.600. The van der Waals surface area contributed by atoms with Crippen molar-refractivity contribution in [3.63, 3.8) is 0 Å². The maximum absolute atomic E-state index is 10.4. The van der Waals surface area contributed by atoms with Crippen LogP contribution < -0.4 is 50.0 Å². The number of nitrogens with zero attached hydrogens (tertiary/aromatic N) is 2. The van der Waals surface area contributed by atoms with Crippen molar-refractivity contribution >= 4 is 61.6 Å². The van der Waals surface area contributed by atoms with Crippen molar-refractivity contribution < 1.29 is 74.6 Å². The van der Waals surface area contributed by atoms with Crippen LogP contribution in [0.5, 0.6) is 0 Å². The molecule has 0 aliphatic carbocycles. The smallest absolute Gasteiger partial charge is 0.549 e. The van der Waals surface area contributed by atoms with Gasteiger partial charge in [-0.2, -0.15) is 0 Å². The number of carbonyl (C=O) groups excluding carboxylic acids is 4. The van der Waals surface area contributed by atoms with Gasteiger partial charge in [-0.1, -0.05) is 0 Å². The largest absolute Gasteiger partial charge is 2.00 e. The molecular weight excluding hydrogens is 355 g/mol. The summed E-state index contributed by atoms with van der Waals surface area (Å²) < 4.78 is 0. The van der Waals surface area contributed by atoms with Crippen LogP contribution in [0.1, 0.15) is 0 Å². The van der Waals surface area contributed by atoms with Gasteiger partial charge in [0.1, 0.15) is 0 Å². The molecule has 0 atom stereocenters. The quantitative estimate of drug-likeness (QED) is 0.315. The standard InChI is InChI=1S/C10H16N2O8.Ca.Na.H2O/c13-7(14)3-11(4-8(15)16)1-2-12(5-9(17)18)6-10(19)20;;;/h1-6H2,(H,13,14)(H,15,16)(H,17,18)(H,19,20);;;1H2/q;+2;+1;/p-4. The van der Waals surface area contributed by atoms with Crippen LogP contribution in [0.15, 0.2) is 0 Å². The molecule has 11 nitrogen and oxygen atoms in total. The Labute approximate surface area is 183 Å². The number of aliphatic carboxylic acids is 4. The van der Waals surface area contributed by atoms with E-state index in [1.807, 2.05) is 0 Å². The van der Waals surface area contributed by atoms with E-state index in [2.05, 4.69) is 0 Å². The van der Waals surface area contributed by atoms with Gasteiger partial charge >= 0.3 is 67.3 Å². The fourth-order valence-electron chi connectivity index (χ4n) is 1.44. The van der Waals surface area contributed by atoms with E-state index >= 15 is 0 Å². The molecule has 0 rings (SSSR count). The zero-order valence-electron chi connectivity index (χ0n) is 12.6. The molecule has 2 N–H and O–H groups in total.